The molecule has 2 aromatic rings. The maximum Gasteiger partial charge on any atom is 0.251 e. The van der Waals surface area contributed by atoms with Crippen LogP contribution in [0.5, 0.6) is 0 Å². The molecule has 8 heteroatoms. The fourth-order valence-corrected chi connectivity index (χ4v) is 2.98. The van der Waals surface area contributed by atoms with E-state index in [1.165, 1.54) is 11.3 Å². The molecule has 2 rings (SSSR count). The number of amides is 2. The van der Waals surface area contributed by atoms with Gasteiger partial charge in [0.2, 0.25) is 11.0 Å². The van der Waals surface area contributed by atoms with Crippen LogP contribution in [0, 0.1) is 0 Å². The number of nitrogens with one attached hydrogen (secondary N) is 2. The number of hydrogen-bond donors (Lipinski definition) is 2. The standard InChI is InChI=1S/C16H19ClN4O2S/c1-2-3-4-8-14-20-21-16(24-14)19-13(22)10-18-15(23)11-6-5-7-12(17)9-11/h5-7,9H,2-4,8,10H2,1H3,(H,18,23)(H,19,21,22). The zero-order chi connectivity index (χ0) is 17.4. The molecular formula is C16H19ClN4O2S. The quantitative estimate of drug-likeness (QED) is 0.702. The van der Waals surface area contributed by atoms with Crippen molar-refractivity contribution in [2.75, 3.05) is 11.9 Å². The van der Waals surface area contributed by atoms with Crippen LogP contribution in [0.15, 0.2) is 24.3 Å². The Labute approximate surface area is 149 Å². The van der Waals surface area contributed by atoms with E-state index in [0.29, 0.717) is 15.7 Å². The summed E-state index contributed by atoms with van der Waals surface area (Å²) < 4.78 is 0. The van der Waals surface area contributed by atoms with Gasteiger partial charge in [-0.25, -0.2) is 0 Å². The number of anilines is 1. The summed E-state index contributed by atoms with van der Waals surface area (Å²) in [7, 11) is 0. The third kappa shape index (κ3) is 5.90. The number of aryl methyl sites for hydroxylation is 1. The van der Waals surface area contributed by atoms with Gasteiger partial charge in [0.1, 0.15) is 5.01 Å². The molecule has 0 bridgehead atoms. The molecule has 128 valence electrons. The van der Waals surface area contributed by atoms with Crippen molar-refractivity contribution in [3.8, 4) is 0 Å². The van der Waals surface area contributed by atoms with Crippen molar-refractivity contribution in [1.82, 2.24) is 15.5 Å². The number of hydrogen-bond acceptors (Lipinski definition) is 5. The molecule has 6 nitrogen and oxygen atoms in total. The normalized spacial score (nSPS) is 10.4. The van der Waals surface area contributed by atoms with Gasteiger partial charge in [-0.3, -0.25) is 14.9 Å². The van der Waals surface area contributed by atoms with E-state index >= 15 is 0 Å². The first kappa shape index (κ1) is 18.4. The molecule has 0 aliphatic heterocycles. The van der Waals surface area contributed by atoms with E-state index in [1.54, 1.807) is 24.3 Å². The van der Waals surface area contributed by atoms with Gasteiger partial charge >= 0.3 is 0 Å². The molecule has 2 N–H and O–H groups in total. The van der Waals surface area contributed by atoms with Crippen molar-refractivity contribution in [3.05, 3.63) is 39.9 Å². The average molecular weight is 367 g/mol. The van der Waals surface area contributed by atoms with Gasteiger partial charge in [0.15, 0.2) is 0 Å². The van der Waals surface area contributed by atoms with Crippen LogP contribution in [0.4, 0.5) is 5.13 Å². The Bertz CT molecular complexity index is 705. The van der Waals surface area contributed by atoms with Gasteiger partial charge in [-0.05, 0) is 24.6 Å². The lowest BCUT2D eigenvalue weighted by atomic mass is 10.2. The zero-order valence-electron chi connectivity index (χ0n) is 13.3. The van der Waals surface area contributed by atoms with Gasteiger partial charge < -0.3 is 5.32 Å². The third-order valence-corrected chi connectivity index (χ3v) is 4.34. The summed E-state index contributed by atoms with van der Waals surface area (Å²) in [6.07, 6.45) is 4.23. The highest BCUT2D eigenvalue weighted by molar-refractivity contribution is 7.15. The summed E-state index contributed by atoms with van der Waals surface area (Å²) >= 11 is 7.19. The van der Waals surface area contributed by atoms with Crippen molar-refractivity contribution in [2.45, 2.75) is 32.6 Å². The fraction of sp³-hybridized carbons (Fsp3) is 0.375. The lowest BCUT2D eigenvalue weighted by molar-refractivity contribution is -0.115. The Morgan fingerprint density at radius 3 is 2.83 bits per heavy atom. The van der Waals surface area contributed by atoms with Gasteiger partial charge in [0.05, 0.1) is 6.54 Å². The first-order valence-electron chi connectivity index (χ1n) is 7.74. The van der Waals surface area contributed by atoms with Gasteiger partial charge in [-0.1, -0.05) is 48.8 Å². The summed E-state index contributed by atoms with van der Waals surface area (Å²) in [5.41, 5.74) is 0.407. The fourth-order valence-electron chi connectivity index (χ4n) is 1.99. The summed E-state index contributed by atoms with van der Waals surface area (Å²) in [6, 6.07) is 6.53. The molecule has 0 atom stereocenters. The first-order valence-corrected chi connectivity index (χ1v) is 8.94. The van der Waals surface area contributed by atoms with E-state index in [9.17, 15) is 9.59 Å². The Morgan fingerprint density at radius 2 is 2.08 bits per heavy atom. The maximum absolute atomic E-state index is 11.9. The highest BCUT2D eigenvalue weighted by Crippen LogP contribution is 2.17. The molecule has 1 aromatic heterocycles. The van der Waals surface area contributed by atoms with Crippen molar-refractivity contribution in [3.63, 3.8) is 0 Å². The van der Waals surface area contributed by atoms with Crippen molar-refractivity contribution >= 4 is 39.9 Å². The lowest BCUT2D eigenvalue weighted by Gasteiger charge is -2.05. The molecule has 0 fully saturated rings. The van der Waals surface area contributed by atoms with Gasteiger partial charge in [0, 0.05) is 17.0 Å². The first-order chi connectivity index (χ1) is 11.6. The Balaban J connectivity index is 1.78. The molecule has 0 saturated carbocycles. The highest BCUT2D eigenvalue weighted by Gasteiger charge is 2.11. The minimum absolute atomic E-state index is 0.143. The van der Waals surface area contributed by atoms with Gasteiger partial charge in [-0.15, -0.1) is 10.2 Å². The van der Waals surface area contributed by atoms with Crippen LogP contribution in [0.2, 0.25) is 5.02 Å². The molecule has 2 amide bonds. The molecular weight excluding hydrogens is 348 g/mol. The van der Waals surface area contributed by atoms with E-state index in [4.69, 9.17) is 11.6 Å². The molecule has 1 aromatic carbocycles. The van der Waals surface area contributed by atoms with Gasteiger partial charge in [-0.2, -0.15) is 0 Å². The number of unbranched alkanes of at least 4 members (excludes halogenated alkanes) is 2. The van der Waals surface area contributed by atoms with E-state index in [2.05, 4.69) is 27.8 Å². The number of rotatable bonds is 8. The number of halogens is 1. The second-order valence-electron chi connectivity index (χ2n) is 5.20. The minimum Gasteiger partial charge on any atom is -0.343 e. The van der Waals surface area contributed by atoms with Crippen molar-refractivity contribution < 1.29 is 9.59 Å². The van der Waals surface area contributed by atoms with Crippen LogP contribution in [-0.2, 0) is 11.2 Å². The minimum atomic E-state index is -0.356. The predicted molar refractivity (Wildman–Crippen MR) is 95.6 cm³/mol. The summed E-state index contributed by atoms with van der Waals surface area (Å²) in [6.45, 7) is 2.00. The maximum atomic E-state index is 11.9. The molecule has 24 heavy (non-hydrogen) atoms. The highest BCUT2D eigenvalue weighted by atomic mass is 35.5. The second kappa shape index (κ2) is 9.34. The van der Waals surface area contributed by atoms with E-state index in [-0.39, 0.29) is 18.4 Å². The topological polar surface area (TPSA) is 84.0 Å². The van der Waals surface area contributed by atoms with E-state index < -0.39 is 0 Å². The summed E-state index contributed by atoms with van der Waals surface area (Å²) in [5.74, 6) is -0.702. The lowest BCUT2D eigenvalue weighted by Crippen LogP contribution is -2.32. The monoisotopic (exact) mass is 366 g/mol. The zero-order valence-corrected chi connectivity index (χ0v) is 14.9. The molecule has 0 radical (unpaired) electrons. The molecule has 0 aliphatic carbocycles. The van der Waals surface area contributed by atoms with Crippen LogP contribution in [0.1, 0.15) is 41.6 Å². The Kier molecular flexibility index (Phi) is 7.14. The number of carbonyl (C=O) groups excluding carboxylic acids is 2. The van der Waals surface area contributed by atoms with Crippen molar-refractivity contribution in [1.29, 1.82) is 0 Å². The smallest absolute Gasteiger partial charge is 0.251 e. The average Bonchev–Trinajstić information content (AvgIpc) is 3.00. The second-order valence-corrected chi connectivity index (χ2v) is 6.70. The van der Waals surface area contributed by atoms with E-state index in [0.717, 1.165) is 30.7 Å². The van der Waals surface area contributed by atoms with Crippen LogP contribution in [0.3, 0.4) is 0 Å². The predicted octanol–water partition coefficient (Wildman–Crippen LogP) is 3.29. The third-order valence-electron chi connectivity index (χ3n) is 3.20. The largest absolute Gasteiger partial charge is 0.343 e. The number of nitrogens with zero attached hydrogens (tertiary/aromatic N) is 2. The van der Waals surface area contributed by atoms with Gasteiger partial charge in [0.25, 0.3) is 5.91 Å². The van der Waals surface area contributed by atoms with Crippen LogP contribution in [0.25, 0.3) is 0 Å². The Morgan fingerprint density at radius 1 is 1.25 bits per heavy atom. The molecule has 0 saturated heterocycles. The number of aromatic nitrogens is 2. The molecule has 1 heterocycles. The van der Waals surface area contributed by atoms with E-state index in [1.807, 2.05) is 0 Å². The molecule has 0 unspecified atom stereocenters. The summed E-state index contributed by atoms with van der Waals surface area (Å²) in [4.78, 5) is 23.8. The molecule has 0 spiro atoms. The van der Waals surface area contributed by atoms with Crippen LogP contribution < -0.4 is 10.6 Å². The number of carbonyl (C=O) groups is 2. The number of benzene rings is 1. The SMILES string of the molecule is CCCCCc1nnc(NC(=O)CNC(=O)c2cccc(Cl)c2)s1. The Hall–Kier alpha value is -1.99. The van der Waals surface area contributed by atoms with Crippen molar-refractivity contribution in [2.24, 2.45) is 0 Å². The van der Waals surface area contributed by atoms with Crippen LogP contribution >= 0.6 is 22.9 Å². The van der Waals surface area contributed by atoms with Crippen LogP contribution in [-0.4, -0.2) is 28.6 Å². The summed E-state index contributed by atoms with van der Waals surface area (Å²) in [5, 5.41) is 15.0. The molecule has 0 aliphatic rings.